The summed E-state index contributed by atoms with van der Waals surface area (Å²) in [5, 5.41) is 0. The van der Waals surface area contributed by atoms with Crippen molar-refractivity contribution < 1.29 is 14.3 Å². The highest BCUT2D eigenvalue weighted by Crippen LogP contribution is 2.03. The van der Waals surface area contributed by atoms with Gasteiger partial charge in [-0.15, -0.1) is 0 Å². The van der Waals surface area contributed by atoms with Crippen molar-refractivity contribution in [1.29, 1.82) is 0 Å². The zero-order valence-electron chi connectivity index (χ0n) is 12.2. The molecule has 0 aliphatic rings. The first-order valence-corrected chi connectivity index (χ1v) is 6.90. The Morgan fingerprint density at radius 3 is 2.55 bits per heavy atom. The number of nitrogens with two attached hydrogens (primary N) is 1. The van der Waals surface area contributed by atoms with E-state index in [1.165, 1.54) is 0 Å². The molecule has 2 N–H and O–H groups in total. The molecule has 0 aromatic heterocycles. The SMILES string of the molecule is CC(C)OCCN(CCN)C(=O)OCc1ccccc1. The van der Waals surface area contributed by atoms with Crippen LogP contribution in [-0.4, -0.2) is 43.3 Å². The highest BCUT2D eigenvalue weighted by molar-refractivity contribution is 5.67. The van der Waals surface area contributed by atoms with Crippen LogP contribution in [0.3, 0.4) is 0 Å². The minimum absolute atomic E-state index is 0.148. The molecule has 0 saturated carbocycles. The standard InChI is InChI=1S/C15H24N2O3/c1-13(2)19-11-10-17(9-8-16)15(18)20-12-14-6-4-3-5-7-14/h3-7,13H,8-12,16H2,1-2H3. The summed E-state index contributed by atoms with van der Waals surface area (Å²) >= 11 is 0. The second kappa shape index (κ2) is 9.34. The Morgan fingerprint density at radius 1 is 1.25 bits per heavy atom. The molecule has 5 heteroatoms. The number of carbonyl (C=O) groups is 1. The monoisotopic (exact) mass is 280 g/mol. The van der Waals surface area contributed by atoms with Crippen molar-refractivity contribution in [2.75, 3.05) is 26.2 Å². The molecule has 0 unspecified atom stereocenters. The van der Waals surface area contributed by atoms with Gasteiger partial charge in [0.1, 0.15) is 6.61 Å². The van der Waals surface area contributed by atoms with E-state index < -0.39 is 0 Å². The van der Waals surface area contributed by atoms with Crippen molar-refractivity contribution in [2.45, 2.75) is 26.6 Å². The predicted octanol–water partition coefficient (Wildman–Crippen LogP) is 2.01. The lowest BCUT2D eigenvalue weighted by atomic mass is 10.2. The van der Waals surface area contributed by atoms with Crippen molar-refractivity contribution in [3.05, 3.63) is 35.9 Å². The fraction of sp³-hybridized carbons (Fsp3) is 0.533. The molecule has 1 aromatic carbocycles. The van der Waals surface area contributed by atoms with E-state index in [0.29, 0.717) is 26.2 Å². The normalized spacial score (nSPS) is 10.6. The number of hydrogen-bond donors (Lipinski definition) is 1. The lowest BCUT2D eigenvalue weighted by molar-refractivity contribution is 0.0485. The Morgan fingerprint density at radius 2 is 1.95 bits per heavy atom. The number of nitrogens with zero attached hydrogens (tertiary/aromatic N) is 1. The molecule has 0 heterocycles. The highest BCUT2D eigenvalue weighted by Gasteiger charge is 2.14. The fourth-order valence-electron chi connectivity index (χ4n) is 1.66. The van der Waals surface area contributed by atoms with E-state index in [4.69, 9.17) is 15.2 Å². The molecular weight excluding hydrogens is 256 g/mol. The van der Waals surface area contributed by atoms with Crippen molar-refractivity contribution in [2.24, 2.45) is 5.73 Å². The maximum absolute atomic E-state index is 12.0. The molecular formula is C15H24N2O3. The lowest BCUT2D eigenvalue weighted by Crippen LogP contribution is -2.38. The van der Waals surface area contributed by atoms with Crippen LogP contribution in [0.5, 0.6) is 0 Å². The zero-order chi connectivity index (χ0) is 14.8. The van der Waals surface area contributed by atoms with Crippen LogP contribution in [0.1, 0.15) is 19.4 Å². The van der Waals surface area contributed by atoms with Crippen LogP contribution < -0.4 is 5.73 Å². The molecule has 0 atom stereocenters. The molecule has 1 aromatic rings. The third kappa shape index (κ3) is 6.54. The molecule has 0 bridgehead atoms. The van der Waals surface area contributed by atoms with Crippen molar-refractivity contribution in [3.8, 4) is 0 Å². The highest BCUT2D eigenvalue weighted by atomic mass is 16.6. The van der Waals surface area contributed by atoms with E-state index in [2.05, 4.69) is 0 Å². The molecule has 0 spiro atoms. The molecule has 0 saturated heterocycles. The van der Waals surface area contributed by atoms with Gasteiger partial charge >= 0.3 is 6.09 Å². The van der Waals surface area contributed by atoms with Crippen molar-refractivity contribution in [3.63, 3.8) is 0 Å². The molecule has 1 amide bonds. The molecule has 0 fully saturated rings. The predicted molar refractivity (Wildman–Crippen MR) is 78.3 cm³/mol. The van der Waals surface area contributed by atoms with E-state index in [9.17, 15) is 4.79 Å². The number of rotatable bonds is 8. The van der Waals surface area contributed by atoms with Crippen molar-refractivity contribution >= 4 is 6.09 Å². The smallest absolute Gasteiger partial charge is 0.410 e. The maximum atomic E-state index is 12.0. The van der Waals surface area contributed by atoms with Gasteiger partial charge < -0.3 is 20.1 Å². The molecule has 20 heavy (non-hydrogen) atoms. The van der Waals surface area contributed by atoms with Gasteiger partial charge in [0.25, 0.3) is 0 Å². The van der Waals surface area contributed by atoms with E-state index in [1.807, 2.05) is 44.2 Å². The topological polar surface area (TPSA) is 64.8 Å². The summed E-state index contributed by atoms with van der Waals surface area (Å²) in [4.78, 5) is 13.5. The van der Waals surface area contributed by atoms with E-state index in [-0.39, 0.29) is 18.8 Å². The van der Waals surface area contributed by atoms with Crippen LogP contribution in [0.25, 0.3) is 0 Å². The van der Waals surface area contributed by atoms with E-state index in [0.717, 1.165) is 5.56 Å². The van der Waals surface area contributed by atoms with E-state index >= 15 is 0 Å². The first kappa shape index (κ1) is 16.5. The van der Waals surface area contributed by atoms with Gasteiger partial charge in [-0.1, -0.05) is 30.3 Å². The number of carbonyl (C=O) groups excluding carboxylic acids is 1. The van der Waals surface area contributed by atoms with Gasteiger partial charge in [0.2, 0.25) is 0 Å². The van der Waals surface area contributed by atoms with Crippen LogP contribution in [-0.2, 0) is 16.1 Å². The minimum atomic E-state index is -0.355. The second-order valence-electron chi connectivity index (χ2n) is 4.74. The molecule has 0 radical (unpaired) electrons. The summed E-state index contributed by atoms with van der Waals surface area (Å²) in [5.74, 6) is 0. The first-order chi connectivity index (χ1) is 9.63. The molecule has 112 valence electrons. The van der Waals surface area contributed by atoms with Crippen molar-refractivity contribution in [1.82, 2.24) is 4.90 Å². The number of ether oxygens (including phenoxy) is 2. The van der Waals surface area contributed by atoms with Gasteiger partial charge in [-0.2, -0.15) is 0 Å². The Bertz CT molecular complexity index is 382. The third-order valence-corrected chi connectivity index (χ3v) is 2.67. The van der Waals surface area contributed by atoms with Crippen LogP contribution in [0, 0.1) is 0 Å². The van der Waals surface area contributed by atoms with Crippen LogP contribution in [0.2, 0.25) is 0 Å². The molecule has 0 aliphatic carbocycles. The first-order valence-electron chi connectivity index (χ1n) is 6.90. The summed E-state index contributed by atoms with van der Waals surface area (Å²) in [7, 11) is 0. The van der Waals surface area contributed by atoms with E-state index in [1.54, 1.807) is 4.90 Å². The van der Waals surface area contributed by atoms with Gasteiger partial charge in [-0.3, -0.25) is 0 Å². The summed E-state index contributed by atoms with van der Waals surface area (Å²) in [6.07, 6.45) is -0.207. The Balaban J connectivity index is 2.39. The van der Waals surface area contributed by atoms with Crippen LogP contribution in [0.15, 0.2) is 30.3 Å². The van der Waals surface area contributed by atoms with Crippen LogP contribution >= 0.6 is 0 Å². The number of hydrogen-bond acceptors (Lipinski definition) is 4. The quantitative estimate of drug-likeness (QED) is 0.791. The average molecular weight is 280 g/mol. The Labute approximate surface area is 120 Å². The number of amides is 1. The van der Waals surface area contributed by atoms with Gasteiger partial charge in [0.05, 0.1) is 12.7 Å². The Kier molecular flexibility index (Phi) is 7.69. The fourth-order valence-corrected chi connectivity index (χ4v) is 1.66. The van der Waals surface area contributed by atoms with Gasteiger partial charge in [-0.05, 0) is 19.4 Å². The third-order valence-electron chi connectivity index (χ3n) is 2.67. The second-order valence-corrected chi connectivity index (χ2v) is 4.74. The Hall–Kier alpha value is -1.59. The van der Waals surface area contributed by atoms with Crippen LogP contribution in [0.4, 0.5) is 4.79 Å². The summed E-state index contributed by atoms with van der Waals surface area (Å²) in [6.45, 7) is 6.03. The van der Waals surface area contributed by atoms with Gasteiger partial charge in [0, 0.05) is 19.6 Å². The maximum Gasteiger partial charge on any atom is 0.410 e. The summed E-state index contributed by atoms with van der Waals surface area (Å²) in [6, 6.07) is 9.59. The minimum Gasteiger partial charge on any atom is -0.445 e. The summed E-state index contributed by atoms with van der Waals surface area (Å²) in [5.41, 5.74) is 6.48. The molecule has 1 rings (SSSR count). The molecule has 0 aliphatic heterocycles. The van der Waals surface area contributed by atoms with Gasteiger partial charge in [0.15, 0.2) is 0 Å². The largest absolute Gasteiger partial charge is 0.445 e. The zero-order valence-corrected chi connectivity index (χ0v) is 12.2. The molecule has 5 nitrogen and oxygen atoms in total. The number of benzene rings is 1. The summed E-state index contributed by atoms with van der Waals surface area (Å²) < 4.78 is 10.7. The lowest BCUT2D eigenvalue weighted by Gasteiger charge is -2.22. The van der Waals surface area contributed by atoms with Gasteiger partial charge in [-0.25, -0.2) is 4.79 Å². The average Bonchev–Trinajstić information content (AvgIpc) is 2.44.